The number of hydrogen-bond donors (Lipinski definition) is 2. The molecule has 0 amide bonds. The van der Waals surface area contributed by atoms with Crippen LogP contribution >= 0.6 is 12.4 Å². The quantitative estimate of drug-likeness (QED) is 0.797. The minimum Gasteiger partial charge on any atom is -0.507 e. The van der Waals surface area contributed by atoms with Crippen molar-refractivity contribution in [2.24, 2.45) is 0 Å². The van der Waals surface area contributed by atoms with Crippen LogP contribution in [0.4, 0.5) is 0 Å². The molecular formula is C19H28ClNO2. The van der Waals surface area contributed by atoms with E-state index in [2.05, 4.69) is 32.2 Å². The largest absolute Gasteiger partial charge is 0.507 e. The van der Waals surface area contributed by atoms with Gasteiger partial charge in [0.25, 0.3) is 0 Å². The molecular weight excluding hydrogens is 310 g/mol. The van der Waals surface area contributed by atoms with Crippen LogP contribution in [0.25, 0.3) is 5.57 Å². The van der Waals surface area contributed by atoms with Gasteiger partial charge >= 0.3 is 0 Å². The molecule has 3 rings (SSSR count). The first-order valence-electron chi connectivity index (χ1n) is 8.51. The van der Waals surface area contributed by atoms with Crippen LogP contribution in [-0.4, -0.2) is 23.8 Å². The number of phenols is 1. The molecule has 0 fully saturated rings. The van der Waals surface area contributed by atoms with Gasteiger partial charge in [-0.1, -0.05) is 19.8 Å². The van der Waals surface area contributed by atoms with Crippen LogP contribution in [0, 0.1) is 0 Å². The summed E-state index contributed by atoms with van der Waals surface area (Å²) in [5.41, 5.74) is 4.36. The summed E-state index contributed by atoms with van der Waals surface area (Å²) in [6.07, 6.45) is 5.56. The zero-order valence-corrected chi connectivity index (χ0v) is 15.2. The maximum atomic E-state index is 10.6. The third-order valence-corrected chi connectivity index (χ3v) is 4.82. The molecule has 2 aliphatic rings. The molecule has 0 saturated carbocycles. The Kier molecular flexibility index (Phi) is 5.64. The molecule has 2 heterocycles. The molecule has 0 spiro atoms. The van der Waals surface area contributed by atoms with E-state index in [1.165, 1.54) is 29.6 Å². The number of fused-ring (bicyclic) bond motifs is 2. The van der Waals surface area contributed by atoms with E-state index in [0.717, 1.165) is 43.7 Å². The highest BCUT2D eigenvalue weighted by molar-refractivity contribution is 5.85. The Morgan fingerprint density at radius 1 is 1.26 bits per heavy atom. The van der Waals surface area contributed by atoms with Gasteiger partial charge < -0.3 is 15.2 Å². The van der Waals surface area contributed by atoms with Crippen molar-refractivity contribution < 1.29 is 9.84 Å². The van der Waals surface area contributed by atoms with Crippen LogP contribution in [0.2, 0.25) is 0 Å². The number of hydrogen-bond acceptors (Lipinski definition) is 3. The lowest BCUT2D eigenvalue weighted by Gasteiger charge is -2.40. The van der Waals surface area contributed by atoms with E-state index < -0.39 is 0 Å². The molecule has 3 nitrogen and oxygen atoms in total. The first kappa shape index (κ1) is 18.2. The number of benzene rings is 1. The molecule has 2 N–H and O–H groups in total. The van der Waals surface area contributed by atoms with Crippen LogP contribution in [0.1, 0.15) is 57.6 Å². The molecule has 0 bridgehead atoms. The van der Waals surface area contributed by atoms with Gasteiger partial charge in [0, 0.05) is 6.54 Å². The van der Waals surface area contributed by atoms with Crippen molar-refractivity contribution in [2.75, 3.05) is 13.1 Å². The summed E-state index contributed by atoms with van der Waals surface area (Å²) in [5, 5.41) is 14.0. The summed E-state index contributed by atoms with van der Waals surface area (Å²) in [4.78, 5) is 0. The van der Waals surface area contributed by atoms with Crippen LogP contribution in [0.15, 0.2) is 17.7 Å². The molecule has 0 radical (unpaired) electrons. The predicted octanol–water partition coefficient (Wildman–Crippen LogP) is 4.46. The monoisotopic (exact) mass is 337 g/mol. The number of nitrogens with one attached hydrogen (secondary N) is 1. The fraction of sp³-hybridized carbons (Fsp3) is 0.579. The number of halogens is 1. The molecule has 1 aromatic rings. The fourth-order valence-corrected chi connectivity index (χ4v) is 3.64. The Balaban J connectivity index is 0.00000192. The van der Waals surface area contributed by atoms with E-state index in [-0.39, 0.29) is 18.0 Å². The second-order valence-corrected chi connectivity index (χ2v) is 6.94. The molecule has 0 aromatic heterocycles. The van der Waals surface area contributed by atoms with Crippen LogP contribution in [0.5, 0.6) is 11.5 Å². The summed E-state index contributed by atoms with van der Waals surface area (Å²) in [6.45, 7) is 8.27. The van der Waals surface area contributed by atoms with Gasteiger partial charge in [-0.3, -0.25) is 0 Å². The smallest absolute Gasteiger partial charge is 0.132 e. The molecule has 1 aromatic carbocycles. The van der Waals surface area contributed by atoms with Crippen LogP contribution in [0.3, 0.4) is 0 Å². The predicted molar refractivity (Wildman–Crippen MR) is 97.7 cm³/mol. The van der Waals surface area contributed by atoms with Crippen molar-refractivity contribution >= 4 is 18.0 Å². The maximum absolute atomic E-state index is 10.6. The molecule has 0 aliphatic carbocycles. The number of ether oxygens (including phenoxy) is 1. The highest BCUT2D eigenvalue weighted by Crippen LogP contribution is 2.47. The summed E-state index contributed by atoms with van der Waals surface area (Å²) < 4.78 is 6.26. The first-order chi connectivity index (χ1) is 10.5. The third-order valence-electron chi connectivity index (χ3n) is 4.82. The zero-order chi connectivity index (χ0) is 15.7. The Labute approximate surface area is 145 Å². The highest BCUT2D eigenvalue weighted by atomic mass is 35.5. The average Bonchev–Trinajstić information content (AvgIpc) is 2.46. The SMILES string of the molecule is CCCCCc1cc(O)c2c(c1)OC(C)(C)C1=C2CCNC1.Cl. The number of unbranched alkanes of at least 4 members (excludes halogenated alkanes) is 2. The Morgan fingerprint density at radius 2 is 2.04 bits per heavy atom. The van der Waals surface area contributed by atoms with Crippen molar-refractivity contribution in [1.29, 1.82) is 0 Å². The van der Waals surface area contributed by atoms with Gasteiger partial charge in [0.05, 0.1) is 5.56 Å². The zero-order valence-electron chi connectivity index (χ0n) is 14.4. The molecule has 128 valence electrons. The number of aromatic hydroxyl groups is 1. The summed E-state index contributed by atoms with van der Waals surface area (Å²) in [6, 6.07) is 4.07. The minimum absolute atomic E-state index is 0. The average molecular weight is 338 g/mol. The number of rotatable bonds is 4. The maximum Gasteiger partial charge on any atom is 0.132 e. The first-order valence-corrected chi connectivity index (χ1v) is 8.51. The van der Waals surface area contributed by atoms with Crippen molar-refractivity contribution in [3.8, 4) is 11.5 Å². The summed E-state index contributed by atoms with van der Waals surface area (Å²) >= 11 is 0. The molecule has 23 heavy (non-hydrogen) atoms. The lowest BCUT2D eigenvalue weighted by atomic mass is 9.82. The second-order valence-electron chi connectivity index (χ2n) is 6.94. The van der Waals surface area contributed by atoms with Gasteiger partial charge in [-0.15, -0.1) is 12.4 Å². The number of phenolic OH excluding ortho intramolecular Hbond substituents is 1. The van der Waals surface area contributed by atoms with Gasteiger partial charge in [0.1, 0.15) is 17.1 Å². The molecule has 4 heteroatoms. The Bertz CT molecular complexity index is 608. The van der Waals surface area contributed by atoms with Crippen molar-refractivity contribution in [2.45, 2.75) is 58.5 Å². The van der Waals surface area contributed by atoms with Crippen molar-refractivity contribution in [1.82, 2.24) is 5.32 Å². The van der Waals surface area contributed by atoms with E-state index in [4.69, 9.17) is 4.74 Å². The van der Waals surface area contributed by atoms with Crippen LogP contribution < -0.4 is 10.1 Å². The lowest BCUT2D eigenvalue weighted by molar-refractivity contribution is 0.138. The normalized spacial score (nSPS) is 18.6. The molecule has 2 aliphatic heterocycles. The van der Waals surface area contributed by atoms with Gasteiger partial charge in [-0.05, 0) is 68.5 Å². The van der Waals surface area contributed by atoms with Gasteiger partial charge in [-0.25, -0.2) is 0 Å². The third kappa shape index (κ3) is 3.51. The van der Waals surface area contributed by atoms with E-state index >= 15 is 0 Å². The van der Waals surface area contributed by atoms with E-state index in [1.807, 2.05) is 6.07 Å². The van der Waals surface area contributed by atoms with E-state index in [0.29, 0.717) is 5.75 Å². The molecule has 0 saturated heterocycles. The summed E-state index contributed by atoms with van der Waals surface area (Å²) in [5.74, 6) is 1.24. The molecule has 0 atom stereocenters. The standard InChI is InChI=1S/C19H27NO2.ClH/c1-4-5-6-7-13-10-16(21)18-14-8-9-20-12-15(14)19(2,3)22-17(18)11-13;/h10-11,20-21H,4-9,12H2,1-3H3;1H. The highest BCUT2D eigenvalue weighted by Gasteiger charge is 2.37. The topological polar surface area (TPSA) is 41.5 Å². The summed E-state index contributed by atoms with van der Waals surface area (Å²) in [7, 11) is 0. The van der Waals surface area contributed by atoms with Crippen molar-refractivity contribution in [3.05, 3.63) is 28.8 Å². The van der Waals surface area contributed by atoms with Gasteiger partial charge in [-0.2, -0.15) is 0 Å². The van der Waals surface area contributed by atoms with E-state index in [9.17, 15) is 5.11 Å². The second kappa shape index (κ2) is 7.14. The fourth-order valence-electron chi connectivity index (χ4n) is 3.64. The lowest BCUT2D eigenvalue weighted by Crippen LogP contribution is -2.42. The van der Waals surface area contributed by atoms with E-state index in [1.54, 1.807) is 0 Å². The van der Waals surface area contributed by atoms with Gasteiger partial charge in [0.2, 0.25) is 0 Å². The molecule has 0 unspecified atom stereocenters. The van der Waals surface area contributed by atoms with Crippen LogP contribution in [-0.2, 0) is 6.42 Å². The number of aryl methyl sites for hydroxylation is 1. The Hall–Kier alpha value is -1.19. The Morgan fingerprint density at radius 3 is 2.78 bits per heavy atom. The minimum atomic E-state index is -0.301. The van der Waals surface area contributed by atoms with Gasteiger partial charge in [0.15, 0.2) is 0 Å². The van der Waals surface area contributed by atoms with Crippen molar-refractivity contribution in [3.63, 3.8) is 0 Å².